The number of benzene rings is 1. The molecule has 1 aliphatic rings. The van der Waals surface area contributed by atoms with Gasteiger partial charge in [-0.05, 0) is 38.1 Å². The Morgan fingerprint density at radius 3 is 2.55 bits per heavy atom. The van der Waals surface area contributed by atoms with Crippen molar-refractivity contribution in [2.75, 3.05) is 18.4 Å². The zero-order valence-corrected chi connectivity index (χ0v) is 13.3. The fourth-order valence-electron chi connectivity index (χ4n) is 2.05. The van der Waals surface area contributed by atoms with Crippen molar-refractivity contribution in [1.82, 2.24) is 4.90 Å². The number of hydrogen-bond donors (Lipinski definition) is 1. The summed E-state index contributed by atoms with van der Waals surface area (Å²) in [4.78, 5) is 29.9. The Bertz CT molecular complexity index is 585. The topological polar surface area (TPSA) is 61.8 Å². The predicted octanol–water partition coefficient (Wildman–Crippen LogP) is 2.49. The Labute approximate surface area is 133 Å². The predicted molar refractivity (Wildman–Crippen MR) is 86.4 cm³/mol. The molecule has 118 valence electrons. The van der Waals surface area contributed by atoms with Gasteiger partial charge in [0.25, 0.3) is 5.91 Å². The molecule has 1 atom stereocenters. The van der Waals surface area contributed by atoms with Crippen LogP contribution in [0, 0.1) is 5.82 Å². The molecule has 5 nitrogen and oxygen atoms in total. The van der Waals surface area contributed by atoms with E-state index < -0.39 is 5.25 Å². The van der Waals surface area contributed by atoms with Crippen molar-refractivity contribution in [3.8, 4) is 0 Å². The minimum atomic E-state index is -0.490. The molecule has 7 heteroatoms. The molecule has 22 heavy (non-hydrogen) atoms. The Hall–Kier alpha value is -1.89. The number of aliphatic imine (C=N–C) groups is 1. The lowest BCUT2D eigenvalue weighted by molar-refractivity contribution is -0.121. The number of nitrogens with one attached hydrogen (secondary N) is 1. The summed E-state index contributed by atoms with van der Waals surface area (Å²) in [7, 11) is 0. The normalized spacial score (nSPS) is 17.3. The lowest BCUT2D eigenvalue weighted by atomic mass is 10.2. The summed E-state index contributed by atoms with van der Waals surface area (Å²) in [6.07, 6.45) is 0.0507. The van der Waals surface area contributed by atoms with Gasteiger partial charge in [-0.3, -0.25) is 9.59 Å². The van der Waals surface area contributed by atoms with Crippen LogP contribution in [0.4, 0.5) is 10.1 Å². The van der Waals surface area contributed by atoms with Crippen LogP contribution >= 0.6 is 11.8 Å². The van der Waals surface area contributed by atoms with Gasteiger partial charge in [0.05, 0.1) is 0 Å². The molecular weight excluding hydrogens is 305 g/mol. The maximum atomic E-state index is 12.8. The summed E-state index contributed by atoms with van der Waals surface area (Å²) in [5.74, 6) is -0.925. The first-order valence-corrected chi connectivity index (χ1v) is 8.01. The summed E-state index contributed by atoms with van der Waals surface area (Å²) in [5.41, 5.74) is 0.506. The maximum absolute atomic E-state index is 12.8. The fourth-order valence-corrected chi connectivity index (χ4v) is 3.24. The molecule has 2 rings (SSSR count). The third-order valence-corrected chi connectivity index (χ3v) is 4.47. The van der Waals surface area contributed by atoms with Crippen molar-refractivity contribution in [3.05, 3.63) is 30.1 Å². The van der Waals surface area contributed by atoms with Gasteiger partial charge < -0.3 is 10.2 Å². The number of carbonyl (C=O) groups excluding carboxylic acids is 2. The quantitative estimate of drug-likeness (QED) is 0.904. The van der Waals surface area contributed by atoms with Gasteiger partial charge in [0, 0.05) is 25.2 Å². The van der Waals surface area contributed by atoms with E-state index >= 15 is 0 Å². The summed E-state index contributed by atoms with van der Waals surface area (Å²) in [6.45, 7) is 5.52. The minimum absolute atomic E-state index is 0.0507. The summed E-state index contributed by atoms with van der Waals surface area (Å²) < 4.78 is 12.8. The van der Waals surface area contributed by atoms with Crippen LogP contribution < -0.4 is 5.32 Å². The van der Waals surface area contributed by atoms with Crippen LogP contribution in [0.2, 0.25) is 0 Å². The summed E-state index contributed by atoms with van der Waals surface area (Å²) in [5, 5.41) is 2.84. The van der Waals surface area contributed by atoms with Crippen molar-refractivity contribution >= 4 is 34.4 Å². The second kappa shape index (κ2) is 7.40. The minimum Gasteiger partial charge on any atom is -0.352 e. The molecule has 0 saturated carbocycles. The lowest BCUT2D eigenvalue weighted by Crippen LogP contribution is -2.27. The van der Waals surface area contributed by atoms with Crippen molar-refractivity contribution in [2.24, 2.45) is 4.99 Å². The highest BCUT2D eigenvalue weighted by Gasteiger charge is 2.32. The van der Waals surface area contributed by atoms with Crippen molar-refractivity contribution in [1.29, 1.82) is 0 Å². The molecule has 0 spiro atoms. The highest BCUT2D eigenvalue weighted by molar-refractivity contribution is 8.15. The van der Waals surface area contributed by atoms with Crippen LogP contribution in [0.1, 0.15) is 20.3 Å². The van der Waals surface area contributed by atoms with Gasteiger partial charge in [-0.1, -0.05) is 11.8 Å². The van der Waals surface area contributed by atoms with Crippen molar-refractivity contribution < 1.29 is 14.0 Å². The lowest BCUT2D eigenvalue weighted by Gasteiger charge is -2.19. The van der Waals surface area contributed by atoms with Gasteiger partial charge in [-0.25, -0.2) is 4.39 Å². The number of amides is 2. The Kier molecular flexibility index (Phi) is 5.54. The highest BCUT2D eigenvalue weighted by atomic mass is 32.2. The van der Waals surface area contributed by atoms with Crippen LogP contribution in [-0.4, -0.2) is 40.2 Å². The molecule has 1 heterocycles. The maximum Gasteiger partial charge on any atom is 0.262 e. The first-order chi connectivity index (χ1) is 10.5. The molecule has 1 aliphatic heterocycles. The largest absolute Gasteiger partial charge is 0.352 e. The van der Waals surface area contributed by atoms with Gasteiger partial charge in [0.2, 0.25) is 5.91 Å². The van der Waals surface area contributed by atoms with Gasteiger partial charge in [0.1, 0.15) is 11.1 Å². The monoisotopic (exact) mass is 323 g/mol. The van der Waals surface area contributed by atoms with E-state index in [0.717, 1.165) is 13.1 Å². The summed E-state index contributed by atoms with van der Waals surface area (Å²) in [6, 6.07) is 5.50. The van der Waals surface area contributed by atoms with Gasteiger partial charge >= 0.3 is 0 Å². The SMILES string of the molecule is CCN(CC)C1=NC(=O)[C@H](CC(=O)Nc2ccc(F)cc2)S1. The average Bonchev–Trinajstić information content (AvgIpc) is 2.84. The van der Waals surface area contributed by atoms with E-state index in [9.17, 15) is 14.0 Å². The number of carbonyl (C=O) groups is 2. The first-order valence-electron chi connectivity index (χ1n) is 7.13. The van der Waals surface area contributed by atoms with E-state index in [2.05, 4.69) is 10.3 Å². The average molecular weight is 323 g/mol. The van der Waals surface area contributed by atoms with Crippen LogP contribution in [-0.2, 0) is 9.59 Å². The molecule has 0 unspecified atom stereocenters. The molecule has 1 aromatic rings. The molecule has 0 saturated heterocycles. The van der Waals surface area contributed by atoms with E-state index in [1.54, 1.807) is 0 Å². The molecule has 2 amide bonds. The molecular formula is C15H18FN3O2S. The van der Waals surface area contributed by atoms with E-state index in [0.29, 0.717) is 10.9 Å². The molecule has 0 aliphatic carbocycles. The van der Waals surface area contributed by atoms with Crippen LogP contribution in [0.15, 0.2) is 29.3 Å². The van der Waals surface area contributed by atoms with E-state index in [4.69, 9.17) is 0 Å². The third kappa shape index (κ3) is 4.07. The smallest absolute Gasteiger partial charge is 0.262 e. The number of amidine groups is 1. The molecule has 1 aromatic carbocycles. The van der Waals surface area contributed by atoms with Gasteiger partial charge in [-0.2, -0.15) is 4.99 Å². The Balaban J connectivity index is 1.90. The highest BCUT2D eigenvalue weighted by Crippen LogP contribution is 2.27. The molecule has 0 bridgehead atoms. The standard InChI is InChI=1S/C15H18FN3O2S/c1-3-19(4-2)15-18-14(21)12(22-15)9-13(20)17-11-7-5-10(16)6-8-11/h5-8,12H,3-4,9H2,1-2H3,(H,17,20)/t12-/m0/s1. The second-order valence-corrected chi connectivity index (χ2v) is 5.94. The zero-order valence-electron chi connectivity index (χ0n) is 12.5. The Morgan fingerprint density at radius 2 is 1.95 bits per heavy atom. The molecule has 0 aromatic heterocycles. The van der Waals surface area contributed by atoms with Gasteiger partial charge in [-0.15, -0.1) is 0 Å². The zero-order chi connectivity index (χ0) is 16.1. The number of halogens is 1. The fraction of sp³-hybridized carbons (Fsp3) is 0.400. The molecule has 0 radical (unpaired) electrons. The van der Waals surface area contributed by atoms with Crippen LogP contribution in [0.3, 0.4) is 0 Å². The van der Waals surface area contributed by atoms with E-state index in [-0.39, 0.29) is 24.1 Å². The number of hydrogen-bond acceptors (Lipinski definition) is 4. The van der Waals surface area contributed by atoms with Gasteiger partial charge in [0.15, 0.2) is 5.17 Å². The van der Waals surface area contributed by atoms with Crippen LogP contribution in [0.25, 0.3) is 0 Å². The first kappa shape index (κ1) is 16.5. The van der Waals surface area contributed by atoms with E-state index in [1.807, 2.05) is 18.7 Å². The number of thioether (sulfide) groups is 1. The van der Waals surface area contributed by atoms with Crippen molar-refractivity contribution in [2.45, 2.75) is 25.5 Å². The third-order valence-electron chi connectivity index (χ3n) is 3.26. The number of rotatable bonds is 5. The molecule has 0 fully saturated rings. The van der Waals surface area contributed by atoms with Crippen LogP contribution in [0.5, 0.6) is 0 Å². The van der Waals surface area contributed by atoms with Crippen molar-refractivity contribution in [3.63, 3.8) is 0 Å². The number of anilines is 1. The van der Waals surface area contributed by atoms with E-state index in [1.165, 1.54) is 36.0 Å². The second-order valence-electron chi connectivity index (χ2n) is 4.77. The summed E-state index contributed by atoms with van der Waals surface area (Å²) >= 11 is 1.32. The number of nitrogens with zero attached hydrogens (tertiary/aromatic N) is 2. The Morgan fingerprint density at radius 1 is 1.32 bits per heavy atom. The molecule has 1 N–H and O–H groups in total.